The van der Waals surface area contributed by atoms with Gasteiger partial charge in [0, 0.05) is 0 Å². The van der Waals surface area contributed by atoms with E-state index in [9.17, 15) is 0 Å². The van der Waals surface area contributed by atoms with Crippen molar-refractivity contribution in [1.82, 2.24) is 0 Å². The molecular formula is C10H14. The van der Waals surface area contributed by atoms with Crippen LogP contribution in [0.1, 0.15) is 26.2 Å². The zero-order valence-corrected chi connectivity index (χ0v) is 6.61. The van der Waals surface area contributed by atoms with Gasteiger partial charge < -0.3 is 0 Å². The standard InChI is InChI=1S/C10H14/c1-4-5-10-8(2)6-7-9(10)3/h4H,1-2,5-7H2,3H3. The van der Waals surface area contributed by atoms with Crippen molar-refractivity contribution in [1.29, 1.82) is 0 Å². The molecule has 54 valence electrons. The Balaban J connectivity index is 2.77. The predicted molar refractivity (Wildman–Crippen MR) is 45.9 cm³/mol. The van der Waals surface area contributed by atoms with Crippen molar-refractivity contribution < 1.29 is 0 Å². The van der Waals surface area contributed by atoms with Crippen molar-refractivity contribution in [3.05, 3.63) is 36.0 Å². The van der Waals surface area contributed by atoms with Gasteiger partial charge >= 0.3 is 0 Å². The highest BCUT2D eigenvalue weighted by molar-refractivity contribution is 5.39. The van der Waals surface area contributed by atoms with Crippen molar-refractivity contribution >= 4 is 0 Å². The Hall–Kier alpha value is -0.780. The van der Waals surface area contributed by atoms with Gasteiger partial charge in [0.25, 0.3) is 0 Å². The molecule has 0 aliphatic heterocycles. The van der Waals surface area contributed by atoms with E-state index in [1.165, 1.54) is 23.1 Å². The van der Waals surface area contributed by atoms with Crippen LogP contribution in [0.2, 0.25) is 0 Å². The van der Waals surface area contributed by atoms with E-state index in [1.54, 1.807) is 0 Å². The molecule has 1 aliphatic carbocycles. The maximum Gasteiger partial charge on any atom is -0.00982 e. The molecule has 0 atom stereocenters. The van der Waals surface area contributed by atoms with Crippen molar-refractivity contribution in [2.75, 3.05) is 0 Å². The Bertz CT molecular complexity index is 194. The SMILES string of the molecule is C=CCC1=C(C)CCC1=C. The summed E-state index contributed by atoms with van der Waals surface area (Å²) in [5.41, 5.74) is 4.26. The first-order valence-corrected chi connectivity index (χ1v) is 3.73. The van der Waals surface area contributed by atoms with Crippen LogP contribution in [0.4, 0.5) is 0 Å². The lowest BCUT2D eigenvalue weighted by Gasteiger charge is -1.99. The van der Waals surface area contributed by atoms with Gasteiger partial charge in [0.1, 0.15) is 0 Å². The molecule has 0 radical (unpaired) electrons. The lowest BCUT2D eigenvalue weighted by molar-refractivity contribution is 1.01. The molecule has 1 aliphatic rings. The fourth-order valence-electron chi connectivity index (χ4n) is 1.40. The molecule has 0 N–H and O–H groups in total. The summed E-state index contributed by atoms with van der Waals surface area (Å²) in [5, 5.41) is 0. The molecule has 0 aromatic carbocycles. The second-order valence-corrected chi connectivity index (χ2v) is 2.86. The first-order chi connectivity index (χ1) is 4.75. The number of rotatable bonds is 2. The normalized spacial score (nSPS) is 18.3. The van der Waals surface area contributed by atoms with Gasteiger partial charge in [0.15, 0.2) is 0 Å². The molecule has 0 bridgehead atoms. The molecular weight excluding hydrogens is 120 g/mol. The van der Waals surface area contributed by atoms with Crippen LogP contribution >= 0.6 is 0 Å². The van der Waals surface area contributed by atoms with E-state index in [0.717, 1.165) is 12.8 Å². The topological polar surface area (TPSA) is 0 Å². The van der Waals surface area contributed by atoms with Crippen LogP contribution in [0.5, 0.6) is 0 Å². The van der Waals surface area contributed by atoms with Crippen LogP contribution in [0.25, 0.3) is 0 Å². The van der Waals surface area contributed by atoms with Gasteiger partial charge in [0.05, 0.1) is 0 Å². The third-order valence-corrected chi connectivity index (χ3v) is 2.09. The lowest BCUT2D eigenvalue weighted by Crippen LogP contribution is -1.79. The van der Waals surface area contributed by atoms with E-state index in [-0.39, 0.29) is 0 Å². The minimum absolute atomic E-state index is 1.00. The van der Waals surface area contributed by atoms with Crippen LogP contribution in [0.15, 0.2) is 36.0 Å². The molecule has 0 aromatic heterocycles. The first kappa shape index (κ1) is 7.33. The largest absolute Gasteiger partial charge is 0.103 e. The number of hydrogen-bond donors (Lipinski definition) is 0. The summed E-state index contributed by atoms with van der Waals surface area (Å²) in [6.45, 7) is 9.91. The van der Waals surface area contributed by atoms with E-state index in [2.05, 4.69) is 20.1 Å². The van der Waals surface area contributed by atoms with Gasteiger partial charge in [-0.3, -0.25) is 0 Å². The Morgan fingerprint density at radius 2 is 2.20 bits per heavy atom. The summed E-state index contributed by atoms with van der Waals surface area (Å²) in [7, 11) is 0. The summed E-state index contributed by atoms with van der Waals surface area (Å²) in [6, 6.07) is 0. The highest BCUT2D eigenvalue weighted by atomic mass is 14.2. The second kappa shape index (κ2) is 2.87. The second-order valence-electron chi connectivity index (χ2n) is 2.86. The van der Waals surface area contributed by atoms with E-state index in [4.69, 9.17) is 0 Å². The predicted octanol–water partition coefficient (Wildman–Crippen LogP) is 3.23. The molecule has 0 saturated carbocycles. The van der Waals surface area contributed by atoms with E-state index in [1.807, 2.05) is 6.08 Å². The molecule has 1 rings (SSSR count). The zero-order valence-electron chi connectivity index (χ0n) is 6.61. The summed E-state index contributed by atoms with van der Waals surface area (Å²) in [4.78, 5) is 0. The van der Waals surface area contributed by atoms with Gasteiger partial charge in [-0.05, 0) is 31.8 Å². The number of hydrogen-bond acceptors (Lipinski definition) is 0. The quantitative estimate of drug-likeness (QED) is 0.509. The molecule has 0 spiro atoms. The van der Waals surface area contributed by atoms with Gasteiger partial charge in [-0.2, -0.15) is 0 Å². The molecule has 0 fully saturated rings. The zero-order chi connectivity index (χ0) is 7.56. The van der Waals surface area contributed by atoms with Gasteiger partial charge in [-0.1, -0.05) is 23.8 Å². The Kier molecular flexibility index (Phi) is 2.10. The summed E-state index contributed by atoms with van der Waals surface area (Å²) >= 11 is 0. The average Bonchev–Trinajstić information content (AvgIpc) is 2.20. The Morgan fingerprint density at radius 3 is 2.60 bits per heavy atom. The van der Waals surface area contributed by atoms with Crippen LogP contribution in [-0.2, 0) is 0 Å². The van der Waals surface area contributed by atoms with Crippen molar-refractivity contribution in [3.8, 4) is 0 Å². The minimum atomic E-state index is 1.00. The molecule has 0 unspecified atom stereocenters. The molecule has 0 amide bonds. The monoisotopic (exact) mass is 134 g/mol. The van der Waals surface area contributed by atoms with Gasteiger partial charge in [-0.25, -0.2) is 0 Å². The highest BCUT2D eigenvalue weighted by Gasteiger charge is 2.12. The molecule has 10 heavy (non-hydrogen) atoms. The average molecular weight is 134 g/mol. The third-order valence-electron chi connectivity index (χ3n) is 2.09. The van der Waals surface area contributed by atoms with Crippen molar-refractivity contribution in [2.45, 2.75) is 26.2 Å². The Morgan fingerprint density at radius 1 is 1.50 bits per heavy atom. The van der Waals surface area contributed by atoms with Crippen LogP contribution in [0.3, 0.4) is 0 Å². The first-order valence-electron chi connectivity index (χ1n) is 3.73. The van der Waals surface area contributed by atoms with E-state index in [0.29, 0.717) is 0 Å². The van der Waals surface area contributed by atoms with Crippen LogP contribution in [-0.4, -0.2) is 0 Å². The fourth-order valence-corrected chi connectivity index (χ4v) is 1.40. The van der Waals surface area contributed by atoms with E-state index < -0.39 is 0 Å². The van der Waals surface area contributed by atoms with Crippen molar-refractivity contribution in [3.63, 3.8) is 0 Å². The van der Waals surface area contributed by atoms with Crippen LogP contribution < -0.4 is 0 Å². The third kappa shape index (κ3) is 1.21. The van der Waals surface area contributed by atoms with Gasteiger partial charge in [-0.15, -0.1) is 6.58 Å². The molecule has 0 saturated heterocycles. The summed E-state index contributed by atoms with van der Waals surface area (Å²) in [5.74, 6) is 0. The van der Waals surface area contributed by atoms with Crippen molar-refractivity contribution in [2.24, 2.45) is 0 Å². The molecule has 0 nitrogen and oxygen atoms in total. The maximum atomic E-state index is 4.00. The summed E-state index contributed by atoms with van der Waals surface area (Å²) in [6.07, 6.45) is 5.33. The smallest absolute Gasteiger partial charge is 0.00982 e. The van der Waals surface area contributed by atoms with E-state index >= 15 is 0 Å². The minimum Gasteiger partial charge on any atom is -0.103 e. The van der Waals surface area contributed by atoms with Crippen LogP contribution in [0, 0.1) is 0 Å². The Labute approximate surface area is 62.9 Å². The molecule has 0 heterocycles. The lowest BCUT2D eigenvalue weighted by atomic mass is 10.1. The molecule has 0 aromatic rings. The fraction of sp³-hybridized carbons (Fsp3) is 0.400. The molecule has 0 heteroatoms. The number of allylic oxidation sites excluding steroid dienone is 4. The summed E-state index contributed by atoms with van der Waals surface area (Å²) < 4.78 is 0. The van der Waals surface area contributed by atoms with Gasteiger partial charge in [0.2, 0.25) is 0 Å². The maximum absolute atomic E-state index is 4.00. The highest BCUT2D eigenvalue weighted by Crippen LogP contribution is 2.31.